The summed E-state index contributed by atoms with van der Waals surface area (Å²) in [6, 6.07) is 32.6. The van der Waals surface area contributed by atoms with Crippen LogP contribution in [-0.4, -0.2) is 55.1 Å². The van der Waals surface area contributed by atoms with Crippen molar-refractivity contribution in [3.05, 3.63) is 144 Å². The van der Waals surface area contributed by atoms with Crippen LogP contribution in [0, 0.1) is 0 Å². The Hall–Kier alpha value is -5.28. The highest BCUT2D eigenvalue weighted by atomic mass is 16.7. The average molecular weight is 567 g/mol. The molecule has 42 heavy (non-hydrogen) atoms. The van der Waals surface area contributed by atoms with Gasteiger partial charge in [0.1, 0.15) is 0 Å². The highest BCUT2D eigenvalue weighted by molar-refractivity contribution is 5.91. The summed E-state index contributed by atoms with van der Waals surface area (Å²) in [5.41, 5.74) is 0.885. The molecule has 1 aliphatic rings. The zero-order valence-corrected chi connectivity index (χ0v) is 22.2. The van der Waals surface area contributed by atoms with Gasteiger partial charge in [-0.15, -0.1) is 0 Å². The number of carbonyl (C=O) groups excluding carboxylic acids is 4. The molecule has 0 N–H and O–H groups in total. The fourth-order valence-corrected chi connectivity index (χ4v) is 4.27. The van der Waals surface area contributed by atoms with Crippen LogP contribution in [-0.2, 0) is 23.7 Å². The van der Waals surface area contributed by atoms with Crippen LogP contribution in [0.15, 0.2) is 121 Å². The minimum absolute atomic E-state index is 0.196. The monoisotopic (exact) mass is 566 g/mol. The maximum absolute atomic E-state index is 13.2. The molecule has 4 atom stereocenters. The van der Waals surface area contributed by atoms with Crippen molar-refractivity contribution in [1.82, 2.24) is 0 Å². The van der Waals surface area contributed by atoms with Gasteiger partial charge in [0.05, 0.1) is 28.9 Å². The third kappa shape index (κ3) is 6.89. The molecule has 0 aliphatic carbocycles. The standard InChI is InChI=1S/C33H26O9/c34-29(22-13-5-1-6-14-22)39-26-21-38-33(42-32(37)25-19-11-4-12-20-25)28(41-31(36)24-17-9-3-10-18-24)27(26)40-30(35)23-15-7-2-8-16-23/h1-20,26-28,33H,21H2/t26-,27-,28+,33-/m1/s1. The fraction of sp³-hybridized carbons (Fsp3) is 0.152. The molecule has 0 aromatic heterocycles. The van der Waals surface area contributed by atoms with Crippen molar-refractivity contribution >= 4 is 23.9 Å². The van der Waals surface area contributed by atoms with Gasteiger partial charge >= 0.3 is 23.9 Å². The topological polar surface area (TPSA) is 114 Å². The van der Waals surface area contributed by atoms with E-state index >= 15 is 0 Å². The Labute approximate surface area is 241 Å². The van der Waals surface area contributed by atoms with Gasteiger partial charge in [-0.2, -0.15) is 0 Å². The molecule has 0 bridgehead atoms. The van der Waals surface area contributed by atoms with Crippen molar-refractivity contribution in [2.45, 2.75) is 24.6 Å². The van der Waals surface area contributed by atoms with E-state index in [2.05, 4.69) is 0 Å². The van der Waals surface area contributed by atoms with Gasteiger partial charge in [-0.25, -0.2) is 19.2 Å². The van der Waals surface area contributed by atoms with Crippen molar-refractivity contribution in [3.8, 4) is 0 Å². The predicted molar refractivity (Wildman–Crippen MR) is 149 cm³/mol. The van der Waals surface area contributed by atoms with Crippen molar-refractivity contribution < 1.29 is 42.9 Å². The molecule has 0 saturated carbocycles. The maximum Gasteiger partial charge on any atom is 0.340 e. The van der Waals surface area contributed by atoms with Gasteiger partial charge in [-0.05, 0) is 48.5 Å². The van der Waals surface area contributed by atoms with Gasteiger partial charge in [0.2, 0.25) is 12.4 Å². The lowest BCUT2D eigenvalue weighted by atomic mass is 10.0. The van der Waals surface area contributed by atoms with Gasteiger partial charge in [-0.3, -0.25) is 0 Å². The first-order valence-corrected chi connectivity index (χ1v) is 13.2. The maximum atomic E-state index is 13.2. The summed E-state index contributed by atoms with van der Waals surface area (Å²) in [6.45, 7) is -0.322. The third-order valence-corrected chi connectivity index (χ3v) is 6.39. The number of esters is 4. The molecule has 0 spiro atoms. The van der Waals surface area contributed by atoms with Crippen LogP contribution in [0.2, 0.25) is 0 Å². The number of ether oxygens (including phenoxy) is 5. The first-order chi connectivity index (χ1) is 20.5. The van der Waals surface area contributed by atoms with E-state index in [4.69, 9.17) is 23.7 Å². The van der Waals surface area contributed by atoms with E-state index < -0.39 is 48.5 Å². The normalized spacial score (nSPS) is 19.6. The molecule has 1 heterocycles. The molecular weight excluding hydrogens is 540 g/mol. The van der Waals surface area contributed by atoms with Crippen LogP contribution in [0.1, 0.15) is 41.4 Å². The molecular formula is C33H26O9. The second-order valence-electron chi connectivity index (χ2n) is 9.25. The minimum Gasteiger partial charge on any atom is -0.452 e. The van der Waals surface area contributed by atoms with E-state index in [-0.39, 0.29) is 28.9 Å². The summed E-state index contributed by atoms with van der Waals surface area (Å²) in [5, 5.41) is 0. The van der Waals surface area contributed by atoms with Gasteiger partial charge < -0.3 is 23.7 Å². The largest absolute Gasteiger partial charge is 0.452 e. The minimum atomic E-state index is -1.50. The zero-order valence-electron chi connectivity index (χ0n) is 22.2. The SMILES string of the molecule is O=C(O[C@H]1OC[C@@H](OC(=O)c2ccccc2)[C@@H](OC(=O)c2ccccc2)[C@@H]1OC(=O)c1ccccc1)c1ccccc1. The number of rotatable bonds is 8. The highest BCUT2D eigenvalue weighted by Crippen LogP contribution is 2.28. The number of carbonyl (C=O) groups is 4. The second-order valence-corrected chi connectivity index (χ2v) is 9.25. The first kappa shape index (κ1) is 28.3. The van der Waals surface area contributed by atoms with Gasteiger partial charge in [0, 0.05) is 0 Å². The molecule has 0 unspecified atom stereocenters. The Morgan fingerprint density at radius 3 is 1.19 bits per heavy atom. The molecule has 1 aliphatic heterocycles. The number of benzene rings is 4. The first-order valence-electron chi connectivity index (χ1n) is 13.2. The summed E-state index contributed by atoms with van der Waals surface area (Å²) in [6.07, 6.45) is -5.61. The van der Waals surface area contributed by atoms with Crippen LogP contribution in [0.25, 0.3) is 0 Å². The zero-order chi connectivity index (χ0) is 29.3. The van der Waals surface area contributed by atoms with Crippen molar-refractivity contribution in [2.24, 2.45) is 0 Å². The number of hydrogen-bond donors (Lipinski definition) is 0. The van der Waals surface area contributed by atoms with E-state index in [0.29, 0.717) is 0 Å². The molecule has 9 nitrogen and oxygen atoms in total. The van der Waals surface area contributed by atoms with Gasteiger partial charge in [0.25, 0.3) is 0 Å². The summed E-state index contributed by atoms with van der Waals surface area (Å²) in [5.74, 6) is -3.02. The van der Waals surface area contributed by atoms with Crippen LogP contribution >= 0.6 is 0 Å². The number of hydrogen-bond acceptors (Lipinski definition) is 9. The van der Waals surface area contributed by atoms with E-state index in [1.807, 2.05) is 0 Å². The molecule has 0 amide bonds. The van der Waals surface area contributed by atoms with Crippen molar-refractivity contribution in [2.75, 3.05) is 6.61 Å². The van der Waals surface area contributed by atoms with Crippen molar-refractivity contribution in [1.29, 1.82) is 0 Å². The summed E-state index contributed by atoms with van der Waals surface area (Å²) >= 11 is 0. The second kappa shape index (κ2) is 13.4. The Balaban J connectivity index is 1.48. The summed E-state index contributed by atoms with van der Waals surface area (Å²) < 4.78 is 28.7. The molecule has 0 radical (unpaired) electrons. The Kier molecular flexibility index (Phi) is 9.00. The van der Waals surface area contributed by atoms with E-state index in [0.717, 1.165) is 0 Å². The summed E-state index contributed by atoms with van der Waals surface area (Å²) in [7, 11) is 0. The molecule has 4 aromatic carbocycles. The molecule has 9 heteroatoms. The lowest BCUT2D eigenvalue weighted by Crippen LogP contribution is -2.58. The van der Waals surface area contributed by atoms with E-state index in [1.165, 1.54) is 12.1 Å². The molecule has 1 saturated heterocycles. The van der Waals surface area contributed by atoms with Gasteiger partial charge in [-0.1, -0.05) is 72.8 Å². The molecule has 4 aromatic rings. The van der Waals surface area contributed by atoms with Crippen LogP contribution in [0.5, 0.6) is 0 Å². The van der Waals surface area contributed by atoms with Gasteiger partial charge in [0.15, 0.2) is 12.2 Å². The van der Waals surface area contributed by atoms with Crippen molar-refractivity contribution in [3.63, 3.8) is 0 Å². The quantitative estimate of drug-likeness (QED) is 0.218. The van der Waals surface area contributed by atoms with Crippen LogP contribution in [0.3, 0.4) is 0 Å². The highest BCUT2D eigenvalue weighted by Gasteiger charge is 2.50. The van der Waals surface area contributed by atoms with Crippen LogP contribution in [0.4, 0.5) is 0 Å². The Bertz CT molecular complexity index is 1390. The summed E-state index contributed by atoms with van der Waals surface area (Å²) in [4.78, 5) is 52.4. The fourth-order valence-electron chi connectivity index (χ4n) is 4.27. The Morgan fingerprint density at radius 1 is 0.452 bits per heavy atom. The predicted octanol–water partition coefficient (Wildman–Crippen LogP) is 4.88. The van der Waals surface area contributed by atoms with E-state index in [9.17, 15) is 19.2 Å². The van der Waals surface area contributed by atoms with E-state index in [1.54, 1.807) is 109 Å². The molecule has 212 valence electrons. The lowest BCUT2D eigenvalue weighted by molar-refractivity contribution is -0.250. The molecule has 5 rings (SSSR count). The lowest BCUT2D eigenvalue weighted by Gasteiger charge is -2.40. The molecule has 1 fully saturated rings. The average Bonchev–Trinajstić information content (AvgIpc) is 3.05. The third-order valence-electron chi connectivity index (χ3n) is 6.39. The van der Waals surface area contributed by atoms with Crippen LogP contribution < -0.4 is 0 Å². The Morgan fingerprint density at radius 2 is 0.786 bits per heavy atom. The smallest absolute Gasteiger partial charge is 0.340 e.